The lowest BCUT2D eigenvalue weighted by Crippen LogP contribution is -2.49. The van der Waals surface area contributed by atoms with Crippen molar-refractivity contribution in [3.8, 4) is 0 Å². The number of piperidine rings is 1. The van der Waals surface area contributed by atoms with Crippen LogP contribution in [0.3, 0.4) is 0 Å². The molecule has 2 heterocycles. The van der Waals surface area contributed by atoms with Crippen molar-refractivity contribution in [2.75, 3.05) is 51.6 Å². The molecule has 30 heavy (non-hydrogen) atoms. The molecule has 2 aliphatic rings. The van der Waals surface area contributed by atoms with Crippen molar-refractivity contribution in [1.29, 1.82) is 0 Å². The summed E-state index contributed by atoms with van der Waals surface area (Å²) in [5, 5.41) is 6.67. The number of ether oxygens (including phenoxy) is 1. The standard InChI is InChI=1S/C20H39N5O3S.HI/c1-4-21-20(24-18-8-11-25(12-9-18)16-17(2)3)22-10-14-29(26,27)23-15-19-7-5-6-13-28-19;/h18-19,23H,2,4-16H2,1,3H3,(H2,21,22,24);1H. The SMILES string of the molecule is C=C(C)CN1CCC(NC(=NCCS(=O)(=O)NCC2CCCCO2)NCC)CC1.I. The molecule has 3 N–H and O–H groups in total. The normalized spacial score (nSPS) is 21.7. The van der Waals surface area contributed by atoms with Crippen molar-refractivity contribution in [2.24, 2.45) is 4.99 Å². The first kappa shape index (κ1) is 27.6. The lowest BCUT2D eigenvalue weighted by molar-refractivity contribution is 0.0200. The molecule has 1 unspecified atom stereocenters. The molecule has 1 atom stereocenters. The predicted molar refractivity (Wildman–Crippen MR) is 134 cm³/mol. The van der Waals surface area contributed by atoms with Gasteiger partial charge in [-0.3, -0.25) is 9.89 Å². The van der Waals surface area contributed by atoms with Crippen molar-refractivity contribution in [1.82, 2.24) is 20.3 Å². The first-order chi connectivity index (χ1) is 13.9. The maximum absolute atomic E-state index is 12.2. The third-order valence-corrected chi connectivity index (χ3v) is 6.53. The van der Waals surface area contributed by atoms with Gasteiger partial charge < -0.3 is 15.4 Å². The van der Waals surface area contributed by atoms with E-state index < -0.39 is 10.0 Å². The van der Waals surface area contributed by atoms with Crippen LogP contribution in [-0.2, 0) is 14.8 Å². The van der Waals surface area contributed by atoms with E-state index in [0.717, 1.165) is 64.9 Å². The summed E-state index contributed by atoms with van der Waals surface area (Å²) in [6.07, 6.45) is 5.15. The van der Waals surface area contributed by atoms with Crippen LogP contribution in [0.4, 0.5) is 0 Å². The van der Waals surface area contributed by atoms with Crippen molar-refractivity contribution < 1.29 is 13.2 Å². The van der Waals surface area contributed by atoms with E-state index in [1.807, 2.05) is 6.92 Å². The molecule has 8 nitrogen and oxygen atoms in total. The Morgan fingerprint density at radius 1 is 1.23 bits per heavy atom. The Morgan fingerprint density at radius 2 is 1.97 bits per heavy atom. The van der Waals surface area contributed by atoms with Gasteiger partial charge in [0.2, 0.25) is 10.0 Å². The number of aliphatic imine (C=N–C) groups is 1. The summed E-state index contributed by atoms with van der Waals surface area (Å²) in [4.78, 5) is 6.89. The molecule has 176 valence electrons. The van der Waals surface area contributed by atoms with Gasteiger partial charge in [0.05, 0.1) is 18.4 Å². The summed E-state index contributed by atoms with van der Waals surface area (Å²) < 4.78 is 32.7. The van der Waals surface area contributed by atoms with Crippen LogP contribution in [0.15, 0.2) is 17.1 Å². The highest BCUT2D eigenvalue weighted by atomic mass is 127. The van der Waals surface area contributed by atoms with Crippen molar-refractivity contribution in [3.05, 3.63) is 12.2 Å². The Hall–Kier alpha value is -0.430. The molecular weight excluding hydrogens is 517 g/mol. The van der Waals surface area contributed by atoms with Crippen LogP contribution < -0.4 is 15.4 Å². The highest BCUT2D eigenvalue weighted by Crippen LogP contribution is 2.12. The maximum atomic E-state index is 12.2. The number of sulfonamides is 1. The first-order valence-electron chi connectivity index (χ1n) is 10.9. The number of likely N-dealkylation sites (tertiary alicyclic amines) is 1. The number of rotatable bonds is 10. The first-order valence-corrected chi connectivity index (χ1v) is 12.5. The van der Waals surface area contributed by atoms with E-state index in [1.54, 1.807) is 0 Å². The molecule has 10 heteroatoms. The maximum Gasteiger partial charge on any atom is 0.213 e. The molecule has 0 saturated carbocycles. The zero-order chi connectivity index (χ0) is 21.1. The van der Waals surface area contributed by atoms with Crippen LogP contribution in [0.2, 0.25) is 0 Å². The second-order valence-corrected chi connectivity index (χ2v) is 9.99. The molecule has 2 fully saturated rings. The Bertz CT molecular complexity index is 630. The van der Waals surface area contributed by atoms with Crippen molar-refractivity contribution >= 4 is 40.0 Å². The number of nitrogens with zero attached hydrogens (tertiary/aromatic N) is 2. The van der Waals surface area contributed by atoms with E-state index in [4.69, 9.17) is 4.74 Å². The smallest absolute Gasteiger partial charge is 0.213 e. The molecule has 0 aromatic heterocycles. The van der Waals surface area contributed by atoms with Gasteiger partial charge in [0, 0.05) is 45.4 Å². The van der Waals surface area contributed by atoms with Gasteiger partial charge in [-0.1, -0.05) is 12.2 Å². The second-order valence-electron chi connectivity index (χ2n) is 8.07. The molecule has 0 spiro atoms. The van der Waals surface area contributed by atoms with Crippen molar-refractivity contribution in [3.63, 3.8) is 0 Å². The van der Waals surface area contributed by atoms with E-state index in [1.165, 1.54) is 5.57 Å². The van der Waals surface area contributed by atoms with Crippen LogP contribution in [0.5, 0.6) is 0 Å². The molecule has 0 aliphatic carbocycles. The van der Waals surface area contributed by atoms with Gasteiger partial charge in [0.15, 0.2) is 5.96 Å². The van der Waals surface area contributed by atoms with Gasteiger partial charge in [-0.2, -0.15) is 0 Å². The predicted octanol–water partition coefficient (Wildman–Crippen LogP) is 1.69. The fourth-order valence-corrected chi connectivity index (χ4v) is 4.58. The third-order valence-electron chi connectivity index (χ3n) is 5.20. The highest BCUT2D eigenvalue weighted by Gasteiger charge is 2.20. The second kappa shape index (κ2) is 14.6. The van der Waals surface area contributed by atoms with E-state index in [2.05, 4.69) is 38.8 Å². The minimum absolute atomic E-state index is 0. The molecule has 0 aromatic rings. The monoisotopic (exact) mass is 557 g/mol. The summed E-state index contributed by atoms with van der Waals surface area (Å²) >= 11 is 0. The largest absolute Gasteiger partial charge is 0.377 e. The summed E-state index contributed by atoms with van der Waals surface area (Å²) in [6.45, 7) is 13.1. The molecule has 2 rings (SSSR count). The molecule has 0 aromatic carbocycles. The Morgan fingerprint density at radius 3 is 2.57 bits per heavy atom. The molecule has 0 bridgehead atoms. The number of nitrogens with one attached hydrogen (secondary N) is 3. The van der Waals surface area contributed by atoms with Crippen LogP contribution >= 0.6 is 24.0 Å². The average Bonchev–Trinajstić information content (AvgIpc) is 2.68. The molecule has 0 amide bonds. The van der Waals surface area contributed by atoms with Crippen LogP contribution in [0.1, 0.15) is 46.0 Å². The highest BCUT2D eigenvalue weighted by molar-refractivity contribution is 14.0. The summed E-state index contributed by atoms with van der Waals surface area (Å²) in [6, 6.07) is 0.354. The zero-order valence-electron chi connectivity index (χ0n) is 18.5. The van der Waals surface area contributed by atoms with E-state index >= 15 is 0 Å². The van der Waals surface area contributed by atoms with Gasteiger partial charge >= 0.3 is 0 Å². The molecular formula is C20H40IN5O3S. The van der Waals surface area contributed by atoms with Gasteiger partial charge in [0.1, 0.15) is 0 Å². The molecule has 2 saturated heterocycles. The van der Waals surface area contributed by atoms with Crippen LogP contribution in [0, 0.1) is 0 Å². The number of hydrogen-bond acceptors (Lipinski definition) is 5. The average molecular weight is 558 g/mol. The lowest BCUT2D eigenvalue weighted by atomic mass is 10.0. The third kappa shape index (κ3) is 11.3. The Balaban J connectivity index is 0.00000450. The van der Waals surface area contributed by atoms with E-state index in [9.17, 15) is 8.42 Å². The summed E-state index contributed by atoms with van der Waals surface area (Å²) in [5.41, 5.74) is 1.19. The quantitative estimate of drug-likeness (QED) is 0.164. The lowest BCUT2D eigenvalue weighted by Gasteiger charge is -2.33. The van der Waals surface area contributed by atoms with Gasteiger partial charge in [0.25, 0.3) is 0 Å². The number of guanidine groups is 1. The molecule has 0 radical (unpaired) electrons. The van der Waals surface area contributed by atoms with Gasteiger partial charge in [-0.15, -0.1) is 24.0 Å². The minimum atomic E-state index is -3.35. The Kier molecular flexibility index (Phi) is 13.4. The van der Waals surface area contributed by atoms with E-state index in [-0.39, 0.29) is 42.4 Å². The minimum Gasteiger partial charge on any atom is -0.377 e. The van der Waals surface area contributed by atoms with Crippen LogP contribution in [0.25, 0.3) is 0 Å². The zero-order valence-corrected chi connectivity index (χ0v) is 21.6. The molecule has 2 aliphatic heterocycles. The fraction of sp³-hybridized carbons (Fsp3) is 0.850. The topological polar surface area (TPSA) is 95.1 Å². The van der Waals surface area contributed by atoms with E-state index in [0.29, 0.717) is 18.5 Å². The van der Waals surface area contributed by atoms with Gasteiger partial charge in [-0.05, 0) is 46.0 Å². The fourth-order valence-electron chi connectivity index (χ4n) is 3.67. The number of halogens is 1. The summed E-state index contributed by atoms with van der Waals surface area (Å²) in [5.74, 6) is 0.671. The summed E-state index contributed by atoms with van der Waals surface area (Å²) in [7, 11) is -3.35. The van der Waals surface area contributed by atoms with Crippen molar-refractivity contribution in [2.45, 2.75) is 58.1 Å². The Labute approximate surface area is 199 Å². The number of hydrogen-bond donors (Lipinski definition) is 3. The van der Waals surface area contributed by atoms with Gasteiger partial charge in [-0.25, -0.2) is 13.1 Å². The van der Waals surface area contributed by atoms with Crippen LogP contribution in [-0.4, -0.2) is 83.1 Å².